The number of hydrogen-bond acceptors (Lipinski definition) is 8. The van der Waals surface area contributed by atoms with Crippen LogP contribution in [0.3, 0.4) is 0 Å². The molecule has 2 rings (SSSR count). The summed E-state index contributed by atoms with van der Waals surface area (Å²) < 4.78 is 44.1. The third-order valence-electron chi connectivity index (χ3n) is 4.82. The number of anilines is 2. The first kappa shape index (κ1) is 27.1. The summed E-state index contributed by atoms with van der Waals surface area (Å²) in [5.74, 6) is -0.0512. The van der Waals surface area contributed by atoms with E-state index >= 15 is 0 Å². The van der Waals surface area contributed by atoms with E-state index in [2.05, 4.69) is 29.6 Å². The van der Waals surface area contributed by atoms with E-state index in [1.165, 1.54) is 21.1 Å². The van der Waals surface area contributed by atoms with Crippen molar-refractivity contribution in [2.75, 3.05) is 37.9 Å². The second kappa shape index (κ2) is 12.9. The first-order valence-corrected chi connectivity index (χ1v) is 11.7. The van der Waals surface area contributed by atoms with E-state index in [9.17, 15) is 18.0 Å². The van der Waals surface area contributed by atoms with Crippen LogP contribution in [-0.2, 0) is 24.1 Å². The molecule has 4 N–H and O–H groups in total. The molecule has 186 valence electrons. The van der Waals surface area contributed by atoms with Crippen LogP contribution in [0, 0.1) is 0 Å². The number of hydrogen-bond donors (Lipinski definition) is 4. The zero-order chi connectivity index (χ0) is 25.1. The lowest BCUT2D eigenvalue weighted by molar-refractivity contribution is 0.186. The van der Waals surface area contributed by atoms with Gasteiger partial charge in [-0.2, -0.15) is 8.42 Å². The summed E-state index contributed by atoms with van der Waals surface area (Å²) in [6.07, 6.45) is -1.22. The van der Waals surface area contributed by atoms with Crippen LogP contribution >= 0.6 is 0 Å². The second-order valence-corrected chi connectivity index (χ2v) is 8.41. The Labute approximate surface area is 198 Å². The lowest BCUT2D eigenvalue weighted by Crippen LogP contribution is -2.30. The van der Waals surface area contributed by atoms with Crippen LogP contribution in [0.15, 0.2) is 48.5 Å². The van der Waals surface area contributed by atoms with Crippen LogP contribution in [0.4, 0.5) is 21.0 Å². The van der Waals surface area contributed by atoms with E-state index in [4.69, 9.17) is 4.55 Å². The summed E-state index contributed by atoms with van der Waals surface area (Å²) in [4.78, 5) is 22.8. The van der Waals surface area contributed by atoms with E-state index < -0.39 is 28.7 Å². The Morgan fingerprint density at radius 3 is 1.71 bits per heavy atom. The largest absolute Gasteiger partial charge is 0.453 e. The van der Waals surface area contributed by atoms with Crippen molar-refractivity contribution in [1.82, 2.24) is 5.32 Å². The van der Waals surface area contributed by atoms with Gasteiger partial charge in [-0.05, 0) is 55.3 Å². The summed E-state index contributed by atoms with van der Waals surface area (Å²) in [7, 11) is -1.94. The summed E-state index contributed by atoms with van der Waals surface area (Å²) in [6, 6.07) is 14.6. The molecule has 0 aliphatic heterocycles. The Hall–Kier alpha value is -3.19. The van der Waals surface area contributed by atoms with Crippen molar-refractivity contribution in [2.45, 2.75) is 25.4 Å². The quantitative estimate of drug-likeness (QED) is 0.271. The molecule has 0 aromatic heterocycles. The van der Waals surface area contributed by atoms with Gasteiger partial charge in [-0.15, -0.1) is 0 Å². The molecule has 0 aliphatic carbocycles. The lowest BCUT2D eigenvalue weighted by Gasteiger charge is -2.20. The Balaban J connectivity index is 2.13. The normalized spacial score (nSPS) is 12.1. The zero-order valence-electron chi connectivity index (χ0n) is 19.1. The molecule has 0 saturated carbocycles. The van der Waals surface area contributed by atoms with Crippen LogP contribution in [-0.4, -0.2) is 58.6 Å². The minimum absolute atomic E-state index is 0.0512. The average molecular weight is 496 g/mol. The van der Waals surface area contributed by atoms with E-state index in [-0.39, 0.29) is 12.5 Å². The molecule has 11 nitrogen and oxygen atoms in total. The van der Waals surface area contributed by atoms with Crippen molar-refractivity contribution in [1.29, 1.82) is 0 Å². The molecule has 0 heterocycles. The van der Waals surface area contributed by atoms with Crippen molar-refractivity contribution >= 4 is 34.0 Å². The van der Waals surface area contributed by atoms with Gasteiger partial charge >= 0.3 is 22.6 Å². The highest BCUT2D eigenvalue weighted by Crippen LogP contribution is 2.29. The SMILES string of the molecule is COC(=O)Nc1ccc(C(CCNCC(C)OS(=O)(=O)O)c2ccc(NC(=O)OC)cc2)cc1. The predicted octanol–water partition coefficient (Wildman–Crippen LogP) is 3.36. The van der Waals surface area contributed by atoms with Crippen LogP contribution in [0.5, 0.6) is 0 Å². The molecule has 0 spiro atoms. The third kappa shape index (κ3) is 9.35. The molecular formula is C22H29N3O8S. The molecule has 2 aromatic rings. The van der Waals surface area contributed by atoms with Gasteiger partial charge in [0, 0.05) is 23.8 Å². The molecule has 12 heteroatoms. The van der Waals surface area contributed by atoms with E-state index in [0.717, 1.165) is 11.1 Å². The predicted molar refractivity (Wildman–Crippen MR) is 126 cm³/mol. The van der Waals surface area contributed by atoms with Gasteiger partial charge < -0.3 is 14.8 Å². The number of methoxy groups -OCH3 is 2. The van der Waals surface area contributed by atoms with Crippen molar-refractivity contribution in [3.63, 3.8) is 0 Å². The van der Waals surface area contributed by atoms with Crippen molar-refractivity contribution in [2.24, 2.45) is 0 Å². The van der Waals surface area contributed by atoms with Crippen molar-refractivity contribution < 1.29 is 36.2 Å². The smallest absolute Gasteiger partial charge is 0.411 e. The standard InChI is InChI=1S/C22H29N3O8S/c1-15(33-34(28,29)30)14-23-13-12-20(16-4-8-18(9-5-16)24-21(26)31-2)17-6-10-19(11-7-17)25-22(27)32-3/h4-11,15,20,23H,12-14H2,1-3H3,(H,24,26)(H,25,27)(H,28,29,30). The zero-order valence-corrected chi connectivity index (χ0v) is 19.9. The van der Waals surface area contributed by atoms with E-state index in [1.807, 2.05) is 24.3 Å². The number of amides is 2. The fourth-order valence-electron chi connectivity index (χ4n) is 3.25. The second-order valence-electron chi connectivity index (χ2n) is 7.36. The number of rotatable bonds is 11. The topological polar surface area (TPSA) is 152 Å². The summed E-state index contributed by atoms with van der Waals surface area (Å²) in [5, 5.41) is 8.33. The van der Waals surface area contributed by atoms with Gasteiger partial charge in [0.15, 0.2) is 0 Å². The third-order valence-corrected chi connectivity index (χ3v) is 5.39. The highest BCUT2D eigenvalue weighted by molar-refractivity contribution is 7.80. The van der Waals surface area contributed by atoms with Gasteiger partial charge in [-0.3, -0.25) is 15.2 Å². The summed E-state index contributed by atoms with van der Waals surface area (Å²) in [5.41, 5.74) is 3.13. The van der Waals surface area contributed by atoms with E-state index in [1.54, 1.807) is 24.3 Å². The Morgan fingerprint density at radius 1 is 0.882 bits per heavy atom. The van der Waals surface area contributed by atoms with Crippen LogP contribution in [0.2, 0.25) is 0 Å². The van der Waals surface area contributed by atoms with Gasteiger partial charge in [0.1, 0.15) is 0 Å². The number of carbonyl (C=O) groups excluding carboxylic acids is 2. The molecule has 2 amide bonds. The maximum absolute atomic E-state index is 11.4. The lowest BCUT2D eigenvalue weighted by atomic mass is 9.88. The molecule has 0 saturated heterocycles. The number of ether oxygens (including phenoxy) is 2. The molecule has 1 atom stereocenters. The molecule has 2 aromatic carbocycles. The molecule has 0 bridgehead atoms. The number of carbonyl (C=O) groups is 2. The minimum Gasteiger partial charge on any atom is -0.453 e. The molecule has 34 heavy (non-hydrogen) atoms. The van der Waals surface area contributed by atoms with Gasteiger partial charge in [-0.25, -0.2) is 13.8 Å². The Morgan fingerprint density at radius 2 is 1.32 bits per heavy atom. The maximum atomic E-state index is 11.4. The fraction of sp³-hybridized carbons (Fsp3) is 0.364. The first-order chi connectivity index (χ1) is 16.1. The van der Waals surface area contributed by atoms with Gasteiger partial charge in [0.05, 0.1) is 20.3 Å². The summed E-state index contributed by atoms with van der Waals surface area (Å²) in [6.45, 7) is 2.27. The van der Waals surface area contributed by atoms with Gasteiger partial charge in [0.2, 0.25) is 0 Å². The van der Waals surface area contributed by atoms with Gasteiger partial charge in [-0.1, -0.05) is 24.3 Å². The Kier molecular flexibility index (Phi) is 10.3. The summed E-state index contributed by atoms with van der Waals surface area (Å²) >= 11 is 0. The van der Waals surface area contributed by atoms with Crippen molar-refractivity contribution in [3.8, 4) is 0 Å². The minimum atomic E-state index is -4.51. The monoisotopic (exact) mass is 495 g/mol. The average Bonchev–Trinajstić information content (AvgIpc) is 2.79. The first-order valence-electron chi connectivity index (χ1n) is 10.4. The van der Waals surface area contributed by atoms with Crippen LogP contribution in [0.25, 0.3) is 0 Å². The fourth-order valence-corrected chi connectivity index (χ4v) is 3.74. The van der Waals surface area contributed by atoms with E-state index in [0.29, 0.717) is 24.3 Å². The Bertz CT molecular complexity index is 981. The highest BCUT2D eigenvalue weighted by atomic mass is 32.3. The van der Waals surface area contributed by atoms with Crippen molar-refractivity contribution in [3.05, 3.63) is 59.7 Å². The molecule has 0 fully saturated rings. The molecular weight excluding hydrogens is 466 g/mol. The van der Waals surface area contributed by atoms with Gasteiger partial charge in [0.25, 0.3) is 0 Å². The maximum Gasteiger partial charge on any atom is 0.411 e. The highest BCUT2D eigenvalue weighted by Gasteiger charge is 2.16. The molecule has 0 aliphatic rings. The molecule has 0 radical (unpaired) electrons. The molecule has 1 unspecified atom stereocenters. The van der Waals surface area contributed by atoms with Crippen LogP contribution in [0.1, 0.15) is 30.4 Å². The van der Waals surface area contributed by atoms with Crippen LogP contribution < -0.4 is 16.0 Å². The number of benzene rings is 2. The number of nitrogens with one attached hydrogen (secondary N) is 3.